The number of ether oxygens (including phenoxy) is 2. The molecule has 0 amide bonds. The van der Waals surface area contributed by atoms with Gasteiger partial charge < -0.3 is 15.2 Å². The molecule has 2 N–H and O–H groups in total. The molecule has 1 aromatic rings. The SMILES string of the molecule is CCCc1cc(OC)c(CC(N)CC)c(F)c1OC. The first-order valence-corrected chi connectivity index (χ1v) is 6.76. The van der Waals surface area contributed by atoms with Crippen LogP contribution in [-0.2, 0) is 12.8 Å². The molecule has 1 atom stereocenters. The van der Waals surface area contributed by atoms with Crippen LogP contribution in [0.5, 0.6) is 11.5 Å². The molecule has 0 aliphatic rings. The van der Waals surface area contributed by atoms with Crippen molar-refractivity contribution in [3.8, 4) is 11.5 Å². The molecule has 0 saturated heterocycles. The van der Waals surface area contributed by atoms with E-state index in [1.54, 1.807) is 7.11 Å². The quantitative estimate of drug-likeness (QED) is 0.827. The number of nitrogens with two attached hydrogens (primary N) is 1. The summed E-state index contributed by atoms with van der Waals surface area (Å²) < 4.78 is 25.1. The van der Waals surface area contributed by atoms with Crippen molar-refractivity contribution in [1.29, 1.82) is 0 Å². The zero-order chi connectivity index (χ0) is 14.4. The minimum Gasteiger partial charge on any atom is -0.496 e. The minimum absolute atomic E-state index is 0.0786. The first kappa shape index (κ1) is 15.8. The van der Waals surface area contributed by atoms with Crippen molar-refractivity contribution >= 4 is 0 Å². The average Bonchev–Trinajstić information content (AvgIpc) is 2.41. The Morgan fingerprint density at radius 3 is 2.42 bits per heavy atom. The molecule has 1 aromatic carbocycles. The fourth-order valence-corrected chi connectivity index (χ4v) is 2.15. The topological polar surface area (TPSA) is 44.5 Å². The van der Waals surface area contributed by atoms with Crippen LogP contribution in [0.25, 0.3) is 0 Å². The molecule has 19 heavy (non-hydrogen) atoms. The van der Waals surface area contributed by atoms with Gasteiger partial charge in [-0.15, -0.1) is 0 Å². The zero-order valence-corrected chi connectivity index (χ0v) is 12.3. The largest absolute Gasteiger partial charge is 0.496 e. The Morgan fingerprint density at radius 2 is 1.95 bits per heavy atom. The molecule has 0 aliphatic carbocycles. The Labute approximate surface area is 114 Å². The Hall–Kier alpha value is -1.29. The molecule has 1 rings (SSSR count). The van der Waals surface area contributed by atoms with Gasteiger partial charge in [0, 0.05) is 17.2 Å². The van der Waals surface area contributed by atoms with E-state index in [4.69, 9.17) is 15.2 Å². The predicted octanol–water partition coefficient (Wildman–Crippen LogP) is 3.08. The Kier molecular flexibility index (Phi) is 6.09. The molecule has 0 fully saturated rings. The number of hydrogen-bond acceptors (Lipinski definition) is 3. The molecular formula is C15H24FNO2. The van der Waals surface area contributed by atoms with Crippen molar-refractivity contribution in [3.63, 3.8) is 0 Å². The molecule has 0 aromatic heterocycles. The maximum Gasteiger partial charge on any atom is 0.172 e. The highest BCUT2D eigenvalue weighted by Crippen LogP contribution is 2.34. The second-order valence-electron chi connectivity index (χ2n) is 4.69. The predicted molar refractivity (Wildman–Crippen MR) is 75.5 cm³/mol. The standard InChI is InChI=1S/C15H24FNO2/c1-5-7-10-8-13(18-3)12(9-11(17)6-2)14(16)15(10)19-4/h8,11H,5-7,9,17H2,1-4H3. The van der Waals surface area contributed by atoms with Crippen molar-refractivity contribution in [2.75, 3.05) is 14.2 Å². The van der Waals surface area contributed by atoms with E-state index in [-0.39, 0.29) is 11.9 Å². The molecule has 0 aliphatic heterocycles. The fraction of sp³-hybridized carbons (Fsp3) is 0.600. The summed E-state index contributed by atoms with van der Waals surface area (Å²) in [5, 5.41) is 0. The van der Waals surface area contributed by atoms with Crippen molar-refractivity contribution in [2.24, 2.45) is 5.73 Å². The van der Waals surface area contributed by atoms with E-state index in [0.29, 0.717) is 23.5 Å². The van der Waals surface area contributed by atoms with Crippen LogP contribution in [-0.4, -0.2) is 20.3 Å². The lowest BCUT2D eigenvalue weighted by Crippen LogP contribution is -2.22. The number of methoxy groups -OCH3 is 2. The molecule has 0 saturated carbocycles. The molecule has 0 heterocycles. The molecule has 4 heteroatoms. The number of halogens is 1. The monoisotopic (exact) mass is 269 g/mol. The van der Waals surface area contributed by atoms with Crippen molar-refractivity contribution in [2.45, 2.75) is 45.6 Å². The smallest absolute Gasteiger partial charge is 0.172 e. The van der Waals surface area contributed by atoms with Gasteiger partial charge >= 0.3 is 0 Å². The van der Waals surface area contributed by atoms with E-state index in [1.165, 1.54) is 7.11 Å². The average molecular weight is 269 g/mol. The summed E-state index contributed by atoms with van der Waals surface area (Å²) in [6, 6.07) is 1.79. The lowest BCUT2D eigenvalue weighted by Gasteiger charge is -2.18. The van der Waals surface area contributed by atoms with Crippen LogP contribution in [0.15, 0.2) is 6.07 Å². The van der Waals surface area contributed by atoms with Crippen molar-refractivity contribution in [1.82, 2.24) is 0 Å². The molecule has 108 valence electrons. The third kappa shape index (κ3) is 3.60. The Balaban J connectivity index is 3.28. The lowest BCUT2D eigenvalue weighted by molar-refractivity contribution is 0.364. The summed E-state index contributed by atoms with van der Waals surface area (Å²) in [4.78, 5) is 0. The van der Waals surface area contributed by atoms with E-state index in [0.717, 1.165) is 24.8 Å². The van der Waals surface area contributed by atoms with Crippen LogP contribution < -0.4 is 15.2 Å². The van der Waals surface area contributed by atoms with Gasteiger partial charge in [-0.05, 0) is 25.3 Å². The van der Waals surface area contributed by atoms with E-state index < -0.39 is 0 Å². The molecule has 1 unspecified atom stereocenters. The summed E-state index contributed by atoms with van der Waals surface area (Å²) in [5.74, 6) is 0.542. The van der Waals surface area contributed by atoms with Gasteiger partial charge in [-0.25, -0.2) is 4.39 Å². The first-order chi connectivity index (χ1) is 9.08. The molecule has 0 radical (unpaired) electrons. The second kappa shape index (κ2) is 7.34. The third-order valence-corrected chi connectivity index (χ3v) is 3.29. The van der Waals surface area contributed by atoms with Gasteiger partial charge in [0.15, 0.2) is 11.6 Å². The van der Waals surface area contributed by atoms with Gasteiger partial charge in [0.1, 0.15) is 5.75 Å². The van der Waals surface area contributed by atoms with Gasteiger partial charge in [0.2, 0.25) is 0 Å². The lowest BCUT2D eigenvalue weighted by atomic mass is 9.98. The molecule has 3 nitrogen and oxygen atoms in total. The van der Waals surface area contributed by atoms with Gasteiger partial charge in [-0.2, -0.15) is 0 Å². The summed E-state index contributed by atoms with van der Waals surface area (Å²) in [5.41, 5.74) is 7.27. The maximum atomic E-state index is 14.5. The summed E-state index contributed by atoms with van der Waals surface area (Å²) in [7, 11) is 3.05. The van der Waals surface area contributed by atoms with Gasteiger partial charge in [0.05, 0.1) is 14.2 Å². The Morgan fingerprint density at radius 1 is 1.26 bits per heavy atom. The van der Waals surface area contributed by atoms with Gasteiger partial charge in [0.25, 0.3) is 0 Å². The molecule has 0 bridgehead atoms. The second-order valence-corrected chi connectivity index (χ2v) is 4.69. The number of rotatable bonds is 7. The molecule has 0 spiro atoms. The maximum absolute atomic E-state index is 14.5. The van der Waals surface area contributed by atoms with Gasteiger partial charge in [-0.1, -0.05) is 20.3 Å². The number of benzene rings is 1. The van der Waals surface area contributed by atoms with E-state index in [2.05, 4.69) is 0 Å². The normalized spacial score (nSPS) is 12.3. The van der Waals surface area contributed by atoms with E-state index in [9.17, 15) is 4.39 Å². The van der Waals surface area contributed by atoms with E-state index in [1.807, 2.05) is 19.9 Å². The highest BCUT2D eigenvalue weighted by atomic mass is 19.1. The van der Waals surface area contributed by atoms with Crippen molar-refractivity contribution < 1.29 is 13.9 Å². The number of hydrogen-bond donors (Lipinski definition) is 1. The van der Waals surface area contributed by atoms with Crippen molar-refractivity contribution in [3.05, 3.63) is 23.0 Å². The molecular weight excluding hydrogens is 245 g/mol. The highest BCUT2D eigenvalue weighted by molar-refractivity contribution is 5.48. The van der Waals surface area contributed by atoms with Crippen LogP contribution in [0, 0.1) is 5.82 Å². The third-order valence-electron chi connectivity index (χ3n) is 3.29. The fourth-order valence-electron chi connectivity index (χ4n) is 2.15. The van der Waals surface area contributed by atoms with Crippen LogP contribution in [0.4, 0.5) is 4.39 Å². The van der Waals surface area contributed by atoms with Gasteiger partial charge in [-0.3, -0.25) is 0 Å². The van der Waals surface area contributed by atoms with E-state index >= 15 is 0 Å². The highest BCUT2D eigenvalue weighted by Gasteiger charge is 2.20. The minimum atomic E-state index is -0.339. The summed E-state index contributed by atoms with van der Waals surface area (Å²) in [6.07, 6.45) is 2.93. The van der Waals surface area contributed by atoms with Crippen LogP contribution in [0.3, 0.4) is 0 Å². The first-order valence-electron chi connectivity index (χ1n) is 6.76. The number of aryl methyl sites for hydroxylation is 1. The Bertz CT molecular complexity index is 421. The zero-order valence-electron chi connectivity index (χ0n) is 12.3. The van der Waals surface area contributed by atoms with Crippen LogP contribution in [0.2, 0.25) is 0 Å². The van der Waals surface area contributed by atoms with Crippen LogP contribution >= 0.6 is 0 Å². The van der Waals surface area contributed by atoms with Crippen LogP contribution in [0.1, 0.15) is 37.8 Å². The summed E-state index contributed by atoms with van der Waals surface area (Å²) in [6.45, 7) is 4.03. The summed E-state index contributed by atoms with van der Waals surface area (Å²) >= 11 is 0.